The van der Waals surface area contributed by atoms with Crippen LogP contribution in [0.2, 0.25) is 0 Å². The lowest BCUT2D eigenvalue weighted by atomic mass is 10.2. The average molecular weight is 202 g/mol. The minimum Gasteiger partial charge on any atom is -0.444 e. The minimum absolute atomic E-state index is 0.0907. The number of ether oxygens (including phenoxy) is 1. The number of ketones is 1. The zero-order valence-corrected chi connectivity index (χ0v) is 9.09. The summed E-state index contributed by atoms with van der Waals surface area (Å²) in [7, 11) is 0. The van der Waals surface area contributed by atoms with Gasteiger partial charge in [-0.05, 0) is 27.7 Å². The maximum atomic E-state index is 11.1. The zero-order valence-electron chi connectivity index (χ0n) is 9.09. The number of hydrogen-bond donors (Lipinski definition) is 2. The molecule has 0 aromatic heterocycles. The normalized spacial score (nSPS) is 13.2. The molecule has 0 aromatic rings. The first-order valence-corrected chi connectivity index (χ1v) is 4.47. The van der Waals surface area contributed by atoms with Gasteiger partial charge in [-0.15, -0.1) is 0 Å². The average Bonchev–Trinajstić information content (AvgIpc) is 1.96. The topological polar surface area (TPSA) is 81.4 Å². The van der Waals surface area contributed by atoms with Crippen LogP contribution in [-0.4, -0.2) is 30.1 Å². The molecule has 0 spiro atoms. The largest absolute Gasteiger partial charge is 0.444 e. The standard InChI is InChI=1S/C9H18N2O3/c1-6(10)7(12)5-11-8(13)14-9(2,3)4/h6H,5,10H2,1-4H3,(H,11,13). The molecule has 0 fully saturated rings. The van der Waals surface area contributed by atoms with Crippen LogP contribution in [0.5, 0.6) is 0 Å². The fourth-order valence-corrected chi connectivity index (χ4v) is 0.634. The smallest absolute Gasteiger partial charge is 0.408 e. The van der Waals surface area contributed by atoms with Crippen molar-refractivity contribution in [2.75, 3.05) is 6.54 Å². The molecule has 0 heterocycles. The lowest BCUT2D eigenvalue weighted by Crippen LogP contribution is -2.40. The maximum Gasteiger partial charge on any atom is 0.408 e. The second kappa shape index (κ2) is 4.95. The van der Waals surface area contributed by atoms with Crippen LogP contribution < -0.4 is 11.1 Å². The molecule has 0 aliphatic carbocycles. The summed E-state index contributed by atoms with van der Waals surface area (Å²) < 4.78 is 4.92. The highest BCUT2D eigenvalue weighted by molar-refractivity contribution is 5.87. The molecule has 1 unspecified atom stereocenters. The van der Waals surface area contributed by atoms with Gasteiger partial charge in [0.25, 0.3) is 0 Å². The third-order valence-electron chi connectivity index (χ3n) is 1.31. The lowest BCUT2D eigenvalue weighted by Gasteiger charge is -2.19. The van der Waals surface area contributed by atoms with Crippen LogP contribution in [0.25, 0.3) is 0 Å². The van der Waals surface area contributed by atoms with Crippen molar-refractivity contribution in [2.45, 2.75) is 39.3 Å². The maximum absolute atomic E-state index is 11.1. The first-order chi connectivity index (χ1) is 6.22. The minimum atomic E-state index is -0.605. The van der Waals surface area contributed by atoms with Crippen molar-refractivity contribution < 1.29 is 14.3 Å². The number of carbonyl (C=O) groups is 2. The van der Waals surface area contributed by atoms with Crippen molar-refractivity contribution in [3.63, 3.8) is 0 Å². The van der Waals surface area contributed by atoms with E-state index in [2.05, 4.69) is 5.32 Å². The molecule has 0 radical (unpaired) electrons. The molecule has 0 bridgehead atoms. The van der Waals surface area contributed by atoms with Gasteiger partial charge in [-0.3, -0.25) is 4.79 Å². The van der Waals surface area contributed by atoms with Crippen LogP contribution >= 0.6 is 0 Å². The summed E-state index contributed by atoms with van der Waals surface area (Å²) in [5.41, 5.74) is 4.75. The fourth-order valence-electron chi connectivity index (χ4n) is 0.634. The molecular formula is C9H18N2O3. The molecule has 0 saturated heterocycles. The van der Waals surface area contributed by atoms with E-state index in [-0.39, 0.29) is 12.3 Å². The fraction of sp³-hybridized carbons (Fsp3) is 0.778. The Hall–Kier alpha value is -1.10. The van der Waals surface area contributed by atoms with Gasteiger partial charge >= 0.3 is 6.09 Å². The Labute approximate surface area is 84.0 Å². The van der Waals surface area contributed by atoms with Gasteiger partial charge in [0, 0.05) is 0 Å². The highest BCUT2D eigenvalue weighted by Crippen LogP contribution is 2.06. The molecular weight excluding hydrogens is 184 g/mol. The van der Waals surface area contributed by atoms with Crippen molar-refractivity contribution >= 4 is 11.9 Å². The molecule has 14 heavy (non-hydrogen) atoms. The third kappa shape index (κ3) is 6.42. The van der Waals surface area contributed by atoms with Crippen LogP contribution in [0, 0.1) is 0 Å². The van der Waals surface area contributed by atoms with Gasteiger partial charge in [-0.2, -0.15) is 0 Å². The van der Waals surface area contributed by atoms with E-state index in [4.69, 9.17) is 10.5 Å². The van der Waals surface area contributed by atoms with Crippen LogP contribution in [0.1, 0.15) is 27.7 Å². The van der Waals surface area contributed by atoms with Crippen molar-refractivity contribution in [3.8, 4) is 0 Å². The van der Waals surface area contributed by atoms with E-state index in [1.165, 1.54) is 0 Å². The van der Waals surface area contributed by atoms with Crippen molar-refractivity contribution in [2.24, 2.45) is 5.73 Å². The van der Waals surface area contributed by atoms with E-state index in [1.807, 2.05) is 0 Å². The molecule has 0 aromatic carbocycles. The van der Waals surface area contributed by atoms with Crippen LogP contribution in [-0.2, 0) is 9.53 Å². The number of Topliss-reactive ketones (excluding diaryl/α,β-unsaturated/α-hetero) is 1. The number of carbonyl (C=O) groups excluding carboxylic acids is 2. The second-order valence-corrected chi connectivity index (χ2v) is 4.11. The first-order valence-electron chi connectivity index (χ1n) is 4.47. The van der Waals surface area contributed by atoms with Crippen LogP contribution in [0.4, 0.5) is 4.79 Å². The molecule has 3 N–H and O–H groups in total. The molecule has 0 aliphatic rings. The Morgan fingerprint density at radius 3 is 2.29 bits per heavy atom. The molecule has 1 atom stereocenters. The molecule has 0 saturated carbocycles. The Bertz CT molecular complexity index is 219. The van der Waals surface area contributed by atoms with Gasteiger partial charge in [-0.25, -0.2) is 4.79 Å². The van der Waals surface area contributed by atoms with Crippen molar-refractivity contribution in [1.29, 1.82) is 0 Å². The lowest BCUT2D eigenvalue weighted by molar-refractivity contribution is -0.119. The van der Waals surface area contributed by atoms with Gasteiger partial charge in [0.2, 0.25) is 0 Å². The first kappa shape index (κ1) is 12.9. The van der Waals surface area contributed by atoms with E-state index in [1.54, 1.807) is 27.7 Å². The van der Waals surface area contributed by atoms with Crippen molar-refractivity contribution in [3.05, 3.63) is 0 Å². The summed E-state index contributed by atoms with van der Waals surface area (Å²) in [5.74, 6) is -0.226. The number of nitrogens with one attached hydrogen (secondary N) is 1. The Morgan fingerprint density at radius 1 is 1.43 bits per heavy atom. The molecule has 0 aliphatic heterocycles. The van der Waals surface area contributed by atoms with Gasteiger partial charge in [-0.1, -0.05) is 0 Å². The number of nitrogens with two attached hydrogens (primary N) is 1. The van der Waals surface area contributed by atoms with E-state index in [9.17, 15) is 9.59 Å². The van der Waals surface area contributed by atoms with E-state index in [0.29, 0.717) is 0 Å². The van der Waals surface area contributed by atoms with Crippen LogP contribution in [0.3, 0.4) is 0 Å². The molecule has 1 amide bonds. The van der Waals surface area contributed by atoms with E-state index >= 15 is 0 Å². The number of hydrogen-bond acceptors (Lipinski definition) is 4. The summed E-state index contributed by atoms with van der Waals surface area (Å²) in [6.07, 6.45) is -0.605. The second-order valence-electron chi connectivity index (χ2n) is 4.11. The van der Waals surface area contributed by atoms with Gasteiger partial charge in [0.15, 0.2) is 5.78 Å². The monoisotopic (exact) mass is 202 g/mol. The van der Waals surface area contributed by atoms with Gasteiger partial charge in [0.1, 0.15) is 5.60 Å². The summed E-state index contributed by atoms with van der Waals surface area (Å²) >= 11 is 0. The molecule has 0 rings (SSSR count). The quantitative estimate of drug-likeness (QED) is 0.695. The molecule has 5 heteroatoms. The zero-order chi connectivity index (χ0) is 11.4. The summed E-state index contributed by atoms with van der Waals surface area (Å²) in [4.78, 5) is 22.1. The predicted octanol–water partition coefficient (Wildman–Crippen LogP) is 0.427. The summed E-state index contributed by atoms with van der Waals surface area (Å²) in [5, 5.41) is 2.33. The summed E-state index contributed by atoms with van der Waals surface area (Å²) in [6.45, 7) is 6.73. The molecule has 5 nitrogen and oxygen atoms in total. The molecule has 82 valence electrons. The number of alkyl carbamates (subject to hydrolysis) is 1. The highest BCUT2D eigenvalue weighted by Gasteiger charge is 2.17. The van der Waals surface area contributed by atoms with Gasteiger partial charge in [0.05, 0.1) is 12.6 Å². The Morgan fingerprint density at radius 2 is 1.93 bits per heavy atom. The van der Waals surface area contributed by atoms with Crippen molar-refractivity contribution in [1.82, 2.24) is 5.32 Å². The Kier molecular flexibility index (Phi) is 4.56. The van der Waals surface area contributed by atoms with E-state index < -0.39 is 17.7 Å². The van der Waals surface area contributed by atoms with Crippen LogP contribution in [0.15, 0.2) is 0 Å². The summed E-state index contributed by atoms with van der Waals surface area (Å²) in [6, 6.07) is -0.565. The van der Waals surface area contributed by atoms with Gasteiger partial charge < -0.3 is 15.8 Å². The predicted molar refractivity (Wildman–Crippen MR) is 52.9 cm³/mol. The third-order valence-corrected chi connectivity index (χ3v) is 1.31. The number of rotatable bonds is 3. The van der Waals surface area contributed by atoms with E-state index in [0.717, 1.165) is 0 Å². The number of amides is 1. The Balaban J connectivity index is 3.81. The highest BCUT2D eigenvalue weighted by atomic mass is 16.6. The SMILES string of the molecule is CC(N)C(=O)CNC(=O)OC(C)(C)C.